The monoisotopic (exact) mass is 500 g/mol. The van der Waals surface area contributed by atoms with E-state index < -0.39 is 28.3 Å². The molecule has 184 valence electrons. The van der Waals surface area contributed by atoms with E-state index in [1.165, 1.54) is 25.5 Å². The third-order valence-corrected chi connectivity index (χ3v) is 6.48. The Balaban J connectivity index is 1.83. The minimum atomic E-state index is -1.17. The molecule has 0 N–H and O–H groups in total. The second-order valence-electron chi connectivity index (χ2n) is 8.54. The fourth-order valence-electron chi connectivity index (χ4n) is 4.55. The number of furan rings is 1. The molecule has 2 heterocycles. The van der Waals surface area contributed by atoms with E-state index in [2.05, 4.69) is 0 Å². The van der Waals surface area contributed by atoms with Crippen molar-refractivity contribution in [2.45, 2.75) is 44.8 Å². The third-order valence-electron chi connectivity index (χ3n) is 6.25. The minimum absolute atomic E-state index is 0.147. The largest absolute Gasteiger partial charge is 0.496 e. The molecule has 2 atom stereocenters. The number of nitro benzene ring substituents is 1. The molecule has 9 nitrogen and oxygen atoms in total. The molecule has 35 heavy (non-hydrogen) atoms. The van der Waals surface area contributed by atoms with Crippen LogP contribution < -0.4 is 4.74 Å². The van der Waals surface area contributed by atoms with E-state index >= 15 is 0 Å². The number of nitrogens with zero attached hydrogens (tertiary/aromatic N) is 2. The van der Waals surface area contributed by atoms with Crippen molar-refractivity contribution in [3.05, 3.63) is 74.1 Å². The number of carbonyl (C=O) groups is 1. The number of nitro groups is 1. The molecule has 0 fully saturated rings. The number of halogens is 1. The first-order chi connectivity index (χ1) is 16.7. The second-order valence-corrected chi connectivity index (χ2v) is 8.98. The zero-order valence-electron chi connectivity index (χ0n) is 19.8. The van der Waals surface area contributed by atoms with Crippen LogP contribution in [0.15, 0.2) is 46.6 Å². The zero-order valence-corrected chi connectivity index (χ0v) is 20.5. The number of fused-ring (bicyclic) bond motifs is 2. The molecule has 10 heteroatoms. The number of methoxy groups -OCH3 is 2. The molecule has 2 unspecified atom stereocenters. The molecule has 2 aromatic heterocycles. The van der Waals surface area contributed by atoms with E-state index in [0.29, 0.717) is 36.4 Å². The standard InChI is InChI=1S/C25H25ClN2O7/c1-14(2)9-11-25(33-4)20(35-24(29)16-6-5-15(26)13-19(16)28(30)31)8-7-17-21(32-3)18-10-12-34-23(18)27-22(17)25/h5-6,9-10,12-13,20H,7-8,11H2,1-4H3. The predicted octanol–water partition coefficient (Wildman–Crippen LogP) is 5.77. The molecule has 1 aliphatic carbocycles. The van der Waals surface area contributed by atoms with Gasteiger partial charge in [-0.1, -0.05) is 23.3 Å². The first-order valence-electron chi connectivity index (χ1n) is 11.0. The van der Waals surface area contributed by atoms with E-state index in [1.807, 2.05) is 19.9 Å². The number of esters is 1. The van der Waals surface area contributed by atoms with Gasteiger partial charge in [0.15, 0.2) is 5.60 Å². The molecular formula is C25H25ClN2O7. The SMILES string of the molecule is COc1c2c(nc3occc13)C(CC=C(C)C)(OC)C(OC(=O)c1ccc(Cl)cc1[N+](=O)[O-])CC2. The van der Waals surface area contributed by atoms with Gasteiger partial charge in [0, 0.05) is 30.2 Å². The summed E-state index contributed by atoms with van der Waals surface area (Å²) in [7, 11) is 3.11. The average molecular weight is 501 g/mol. The number of hydrogen-bond acceptors (Lipinski definition) is 8. The highest BCUT2D eigenvalue weighted by Crippen LogP contribution is 2.47. The summed E-state index contributed by atoms with van der Waals surface area (Å²) in [6, 6.07) is 5.62. The molecule has 0 radical (unpaired) electrons. The van der Waals surface area contributed by atoms with Crippen molar-refractivity contribution in [1.29, 1.82) is 0 Å². The van der Waals surface area contributed by atoms with E-state index in [0.717, 1.165) is 22.6 Å². The molecule has 0 spiro atoms. The minimum Gasteiger partial charge on any atom is -0.496 e. The van der Waals surface area contributed by atoms with Crippen LogP contribution in [0.1, 0.15) is 48.3 Å². The van der Waals surface area contributed by atoms with Gasteiger partial charge in [-0.3, -0.25) is 10.1 Å². The Labute approximate surface area is 206 Å². The topological polar surface area (TPSA) is 114 Å². The lowest BCUT2D eigenvalue weighted by molar-refractivity contribution is -0.385. The predicted molar refractivity (Wildman–Crippen MR) is 129 cm³/mol. The van der Waals surface area contributed by atoms with Crippen LogP contribution in [0, 0.1) is 10.1 Å². The number of rotatable bonds is 7. The number of ether oxygens (including phenoxy) is 3. The second kappa shape index (κ2) is 9.67. The Morgan fingerprint density at radius 3 is 2.77 bits per heavy atom. The Hall–Kier alpha value is -3.43. The number of pyridine rings is 1. The van der Waals surface area contributed by atoms with Crippen LogP contribution in [-0.2, 0) is 21.5 Å². The fraction of sp³-hybridized carbons (Fsp3) is 0.360. The highest BCUT2D eigenvalue weighted by Gasteiger charge is 2.50. The van der Waals surface area contributed by atoms with E-state index in [-0.39, 0.29) is 10.6 Å². The first-order valence-corrected chi connectivity index (χ1v) is 11.4. The van der Waals surface area contributed by atoms with Gasteiger partial charge >= 0.3 is 5.97 Å². The maximum atomic E-state index is 13.2. The third kappa shape index (κ3) is 4.37. The number of allylic oxidation sites excluding steroid dienone is 1. The molecule has 0 saturated carbocycles. The van der Waals surface area contributed by atoms with Gasteiger partial charge in [-0.2, -0.15) is 0 Å². The van der Waals surface area contributed by atoms with Crippen molar-refractivity contribution in [2.24, 2.45) is 0 Å². The van der Waals surface area contributed by atoms with Crippen molar-refractivity contribution in [1.82, 2.24) is 4.98 Å². The van der Waals surface area contributed by atoms with E-state index in [1.54, 1.807) is 13.2 Å². The Morgan fingerprint density at radius 1 is 1.34 bits per heavy atom. The summed E-state index contributed by atoms with van der Waals surface area (Å²) < 4.78 is 23.3. The van der Waals surface area contributed by atoms with Crippen LogP contribution >= 0.6 is 11.6 Å². The fourth-order valence-corrected chi connectivity index (χ4v) is 4.71. The van der Waals surface area contributed by atoms with Crippen molar-refractivity contribution < 1.29 is 28.3 Å². The Morgan fingerprint density at radius 2 is 2.11 bits per heavy atom. The lowest BCUT2D eigenvalue weighted by Gasteiger charge is -2.42. The molecule has 0 bridgehead atoms. The summed E-state index contributed by atoms with van der Waals surface area (Å²) in [4.78, 5) is 28.8. The summed E-state index contributed by atoms with van der Waals surface area (Å²) in [5.74, 6) is -0.207. The van der Waals surface area contributed by atoms with Gasteiger partial charge in [0.25, 0.3) is 5.69 Å². The number of carbonyl (C=O) groups excluding carboxylic acids is 1. The molecule has 0 saturated heterocycles. The summed E-state index contributed by atoms with van der Waals surface area (Å²) in [5.41, 5.74) is 1.02. The van der Waals surface area contributed by atoms with Gasteiger partial charge in [0.2, 0.25) is 5.71 Å². The Bertz CT molecular complexity index is 1330. The van der Waals surface area contributed by atoms with Crippen molar-refractivity contribution in [2.75, 3.05) is 14.2 Å². The summed E-state index contributed by atoms with van der Waals surface area (Å²) in [6.45, 7) is 3.91. The van der Waals surface area contributed by atoms with Gasteiger partial charge in [0.1, 0.15) is 17.4 Å². The summed E-state index contributed by atoms with van der Waals surface area (Å²) in [6.07, 6.45) is 3.96. The first kappa shape index (κ1) is 24.7. The molecule has 1 aliphatic rings. The highest BCUT2D eigenvalue weighted by molar-refractivity contribution is 6.31. The van der Waals surface area contributed by atoms with Crippen LogP contribution in [0.5, 0.6) is 5.75 Å². The number of benzene rings is 1. The molecule has 0 amide bonds. The van der Waals surface area contributed by atoms with Crippen LogP contribution in [-0.4, -0.2) is 36.2 Å². The van der Waals surface area contributed by atoms with Gasteiger partial charge in [-0.05, 0) is 44.9 Å². The summed E-state index contributed by atoms with van der Waals surface area (Å²) >= 11 is 5.91. The average Bonchev–Trinajstić information content (AvgIpc) is 3.30. The molecular weight excluding hydrogens is 476 g/mol. The highest BCUT2D eigenvalue weighted by atomic mass is 35.5. The van der Waals surface area contributed by atoms with Crippen molar-refractivity contribution in [3.63, 3.8) is 0 Å². The van der Waals surface area contributed by atoms with Crippen LogP contribution in [0.2, 0.25) is 5.02 Å². The number of aromatic nitrogens is 1. The molecule has 3 aromatic rings. The van der Waals surface area contributed by atoms with Crippen LogP contribution in [0.4, 0.5) is 5.69 Å². The summed E-state index contributed by atoms with van der Waals surface area (Å²) in [5, 5.41) is 12.4. The lowest BCUT2D eigenvalue weighted by atomic mass is 9.77. The van der Waals surface area contributed by atoms with Crippen molar-refractivity contribution in [3.8, 4) is 5.75 Å². The van der Waals surface area contributed by atoms with E-state index in [9.17, 15) is 14.9 Å². The quantitative estimate of drug-likeness (QED) is 0.174. The smallest absolute Gasteiger partial charge is 0.345 e. The van der Waals surface area contributed by atoms with Gasteiger partial charge in [-0.15, -0.1) is 0 Å². The normalized spacial score (nSPS) is 19.2. The maximum Gasteiger partial charge on any atom is 0.345 e. The van der Waals surface area contributed by atoms with Gasteiger partial charge in [0.05, 0.1) is 29.4 Å². The van der Waals surface area contributed by atoms with Gasteiger partial charge < -0.3 is 18.6 Å². The van der Waals surface area contributed by atoms with Crippen molar-refractivity contribution >= 4 is 34.4 Å². The Kier molecular flexibility index (Phi) is 6.82. The van der Waals surface area contributed by atoms with E-state index in [4.69, 9.17) is 35.2 Å². The van der Waals surface area contributed by atoms with Crippen LogP contribution in [0.3, 0.4) is 0 Å². The molecule has 1 aromatic carbocycles. The zero-order chi connectivity index (χ0) is 25.3. The lowest BCUT2D eigenvalue weighted by Crippen LogP contribution is -2.48. The van der Waals surface area contributed by atoms with Gasteiger partial charge in [-0.25, -0.2) is 9.78 Å². The molecule has 0 aliphatic heterocycles. The van der Waals surface area contributed by atoms with Crippen LogP contribution in [0.25, 0.3) is 11.1 Å². The maximum absolute atomic E-state index is 13.2. The molecule has 4 rings (SSSR count). The number of hydrogen-bond donors (Lipinski definition) is 0.